The lowest BCUT2D eigenvalue weighted by Crippen LogP contribution is -1.99. The molecule has 0 aliphatic heterocycles. The van der Waals surface area contributed by atoms with Gasteiger partial charge < -0.3 is 0 Å². The van der Waals surface area contributed by atoms with E-state index in [2.05, 4.69) is 200 Å². The Hall–Kier alpha value is -7.55. The molecule has 0 fully saturated rings. The zero-order valence-corrected chi connectivity index (χ0v) is 32.5. The number of aromatic nitrogens is 2. The molecular formula is C57H36N2. The standard InChI is InChI=1S/C57H36N2/c1-2-51-58-49-33-38(29-30-50(49)59(51)40-16-4-3-5-17-40)52-41-18-6-8-20-43(41)53(44-21-9-7-19-42(44)52)39-31-37-28-27-36-14-11-23-46-45-22-10-13-34-25-26-35-15-12-24-47(56(35)54(34)45)48(32-39)57(37)55(36)46/h3-33H,2H2,1H3. The Morgan fingerprint density at radius 1 is 0.373 bits per heavy atom. The van der Waals surface area contributed by atoms with Crippen LogP contribution in [0.1, 0.15) is 12.7 Å². The van der Waals surface area contributed by atoms with Crippen LogP contribution in [0.2, 0.25) is 0 Å². The van der Waals surface area contributed by atoms with Gasteiger partial charge >= 0.3 is 0 Å². The van der Waals surface area contributed by atoms with Gasteiger partial charge in [0.15, 0.2) is 0 Å². The van der Waals surface area contributed by atoms with E-state index in [1.165, 1.54) is 108 Å². The fourth-order valence-electron chi connectivity index (χ4n) is 10.6. The molecule has 0 aliphatic carbocycles. The number of imidazole rings is 1. The van der Waals surface area contributed by atoms with Crippen LogP contribution in [0.25, 0.3) is 125 Å². The molecule has 13 aromatic rings. The van der Waals surface area contributed by atoms with Crippen molar-refractivity contribution < 1.29 is 0 Å². The van der Waals surface area contributed by atoms with Crippen LogP contribution in [0.5, 0.6) is 0 Å². The maximum Gasteiger partial charge on any atom is 0.114 e. The summed E-state index contributed by atoms with van der Waals surface area (Å²) in [4.78, 5) is 5.21. The Morgan fingerprint density at radius 2 is 0.847 bits per heavy atom. The predicted molar refractivity (Wildman–Crippen MR) is 253 cm³/mol. The van der Waals surface area contributed by atoms with E-state index in [-0.39, 0.29) is 0 Å². The molecule has 1 aromatic heterocycles. The molecule has 0 saturated carbocycles. The molecule has 0 unspecified atom stereocenters. The molecule has 0 atom stereocenters. The molecule has 59 heavy (non-hydrogen) atoms. The Kier molecular flexibility index (Phi) is 6.74. The van der Waals surface area contributed by atoms with Crippen LogP contribution in [-0.4, -0.2) is 9.55 Å². The summed E-state index contributed by atoms with van der Waals surface area (Å²) >= 11 is 0. The van der Waals surface area contributed by atoms with E-state index in [1.54, 1.807) is 0 Å². The molecule has 0 bridgehead atoms. The number of hydrogen-bond donors (Lipinski definition) is 0. The third-order valence-corrected chi connectivity index (χ3v) is 13.0. The van der Waals surface area contributed by atoms with E-state index in [0.717, 1.165) is 29.0 Å². The van der Waals surface area contributed by atoms with E-state index in [1.807, 2.05) is 0 Å². The van der Waals surface area contributed by atoms with Crippen molar-refractivity contribution in [2.75, 3.05) is 0 Å². The van der Waals surface area contributed by atoms with Gasteiger partial charge in [0, 0.05) is 12.1 Å². The maximum atomic E-state index is 5.21. The van der Waals surface area contributed by atoms with E-state index in [4.69, 9.17) is 4.98 Å². The molecular weight excluding hydrogens is 713 g/mol. The predicted octanol–water partition coefficient (Wildman–Crippen LogP) is 15.6. The van der Waals surface area contributed by atoms with Crippen LogP contribution in [0, 0.1) is 0 Å². The molecule has 0 saturated heterocycles. The second kappa shape index (κ2) is 12.2. The van der Waals surface area contributed by atoms with Crippen LogP contribution in [0.15, 0.2) is 188 Å². The van der Waals surface area contributed by atoms with Crippen molar-refractivity contribution >= 4 is 97.2 Å². The smallest absolute Gasteiger partial charge is 0.114 e. The fourth-order valence-corrected chi connectivity index (χ4v) is 10.6. The normalized spacial score (nSPS) is 12.2. The minimum Gasteiger partial charge on any atom is -0.296 e. The number of benzene rings is 11. The highest BCUT2D eigenvalue weighted by molar-refractivity contribution is 6.37. The van der Waals surface area contributed by atoms with Gasteiger partial charge in [-0.15, -0.1) is 0 Å². The molecule has 12 aromatic carbocycles. The quantitative estimate of drug-likeness (QED) is 0.129. The molecule has 0 spiro atoms. The average molecular weight is 749 g/mol. The summed E-state index contributed by atoms with van der Waals surface area (Å²) in [5, 5.41) is 20.5. The first-order valence-electron chi connectivity index (χ1n) is 20.7. The molecule has 0 N–H and O–H groups in total. The van der Waals surface area contributed by atoms with Gasteiger partial charge in [0.05, 0.1) is 11.0 Å². The Bertz CT molecular complexity index is 3810. The first-order chi connectivity index (χ1) is 29.2. The van der Waals surface area contributed by atoms with Gasteiger partial charge in [-0.1, -0.05) is 159 Å². The van der Waals surface area contributed by atoms with Gasteiger partial charge in [0.25, 0.3) is 0 Å². The average Bonchev–Trinajstić information content (AvgIpc) is 3.67. The van der Waals surface area contributed by atoms with Gasteiger partial charge in [-0.25, -0.2) is 4.98 Å². The Balaban J connectivity index is 1.15. The number of aryl methyl sites for hydroxylation is 1. The Morgan fingerprint density at radius 3 is 1.41 bits per heavy atom. The van der Waals surface area contributed by atoms with Gasteiger partial charge in [-0.05, 0) is 145 Å². The first-order valence-corrected chi connectivity index (χ1v) is 20.7. The summed E-state index contributed by atoms with van der Waals surface area (Å²) in [7, 11) is 0. The van der Waals surface area contributed by atoms with Gasteiger partial charge in [0.1, 0.15) is 5.82 Å². The van der Waals surface area contributed by atoms with Crippen molar-refractivity contribution in [1.29, 1.82) is 0 Å². The van der Waals surface area contributed by atoms with Crippen molar-refractivity contribution in [3.05, 3.63) is 194 Å². The summed E-state index contributed by atoms with van der Waals surface area (Å²) in [6, 6.07) is 70.2. The monoisotopic (exact) mass is 748 g/mol. The van der Waals surface area contributed by atoms with E-state index >= 15 is 0 Å². The van der Waals surface area contributed by atoms with E-state index in [0.29, 0.717) is 0 Å². The van der Waals surface area contributed by atoms with Gasteiger partial charge in [-0.3, -0.25) is 4.57 Å². The lowest BCUT2D eigenvalue weighted by atomic mass is 9.83. The molecule has 2 heteroatoms. The second-order valence-corrected chi connectivity index (χ2v) is 16.1. The molecule has 0 aliphatic rings. The molecule has 2 nitrogen and oxygen atoms in total. The highest BCUT2D eigenvalue weighted by Gasteiger charge is 2.21. The van der Waals surface area contributed by atoms with Crippen molar-refractivity contribution in [3.8, 4) is 27.9 Å². The van der Waals surface area contributed by atoms with Crippen LogP contribution in [0.3, 0.4) is 0 Å². The summed E-state index contributed by atoms with van der Waals surface area (Å²) in [5.74, 6) is 1.07. The summed E-state index contributed by atoms with van der Waals surface area (Å²) < 4.78 is 2.31. The maximum absolute atomic E-state index is 5.21. The zero-order chi connectivity index (χ0) is 38.8. The summed E-state index contributed by atoms with van der Waals surface area (Å²) in [6.45, 7) is 2.19. The SMILES string of the molecule is CCc1nc2cc(-c3c4ccccc4c(-c4cc5ccc6cccc7c8cccc9ccc%10cccc(c(c4)c5c67)c%10c98)c4ccccc34)ccc2n1-c1ccccc1. The second-order valence-electron chi connectivity index (χ2n) is 16.1. The summed E-state index contributed by atoms with van der Waals surface area (Å²) in [6.07, 6.45) is 0.848. The number of nitrogens with zero attached hydrogens (tertiary/aromatic N) is 2. The number of fused-ring (bicyclic) bond motifs is 5. The van der Waals surface area contributed by atoms with Gasteiger partial charge in [-0.2, -0.15) is 0 Å². The van der Waals surface area contributed by atoms with E-state index in [9.17, 15) is 0 Å². The molecule has 13 rings (SSSR count). The van der Waals surface area contributed by atoms with Crippen molar-refractivity contribution in [3.63, 3.8) is 0 Å². The highest BCUT2D eigenvalue weighted by atomic mass is 15.1. The number of rotatable bonds is 4. The summed E-state index contributed by atoms with van der Waals surface area (Å²) in [5.41, 5.74) is 8.19. The van der Waals surface area contributed by atoms with Gasteiger partial charge in [0.2, 0.25) is 0 Å². The number of hydrogen-bond acceptors (Lipinski definition) is 1. The van der Waals surface area contributed by atoms with Crippen molar-refractivity contribution in [2.24, 2.45) is 0 Å². The minimum absolute atomic E-state index is 0.848. The third kappa shape index (κ3) is 4.54. The fraction of sp³-hybridized carbons (Fsp3) is 0.0351. The van der Waals surface area contributed by atoms with Crippen molar-refractivity contribution in [2.45, 2.75) is 13.3 Å². The lowest BCUT2D eigenvalue weighted by molar-refractivity contribution is 0.908. The number of para-hydroxylation sites is 1. The minimum atomic E-state index is 0.848. The van der Waals surface area contributed by atoms with Crippen LogP contribution >= 0.6 is 0 Å². The van der Waals surface area contributed by atoms with Crippen LogP contribution < -0.4 is 0 Å². The largest absolute Gasteiger partial charge is 0.296 e. The highest BCUT2D eigenvalue weighted by Crippen LogP contribution is 2.48. The molecule has 1 heterocycles. The first kappa shape index (κ1) is 32.5. The van der Waals surface area contributed by atoms with Crippen molar-refractivity contribution in [1.82, 2.24) is 9.55 Å². The topological polar surface area (TPSA) is 17.8 Å². The lowest BCUT2D eigenvalue weighted by Gasteiger charge is -2.20. The molecule has 0 amide bonds. The van der Waals surface area contributed by atoms with Crippen LogP contribution in [-0.2, 0) is 6.42 Å². The van der Waals surface area contributed by atoms with Crippen LogP contribution in [0.4, 0.5) is 0 Å². The zero-order valence-electron chi connectivity index (χ0n) is 32.5. The Labute approximate surface area is 340 Å². The van der Waals surface area contributed by atoms with E-state index < -0.39 is 0 Å². The molecule has 274 valence electrons. The molecule has 0 radical (unpaired) electrons. The third-order valence-electron chi connectivity index (χ3n) is 13.0.